The number of halogens is 2. The molecule has 0 saturated carbocycles. The van der Waals surface area contributed by atoms with E-state index in [9.17, 15) is 9.59 Å². The van der Waals surface area contributed by atoms with Crippen molar-refractivity contribution in [3.05, 3.63) is 75.7 Å². The van der Waals surface area contributed by atoms with Gasteiger partial charge in [0.15, 0.2) is 6.61 Å². The number of hydrogen-bond acceptors (Lipinski definition) is 3. The van der Waals surface area contributed by atoms with E-state index in [0.717, 1.165) is 27.2 Å². The van der Waals surface area contributed by atoms with Gasteiger partial charge >= 0.3 is 0 Å². The number of fused-ring (bicyclic) bond motifs is 1. The standard InChI is InChI=1S/C26H28BrClN2O3/c1-3-15-29-26(32)22(4-2)30(16-18-9-12-20(28)13-10-18)24(31)17-33-23-14-11-19-7-5-6-8-21(19)25(23)27/h5-14,22H,3-4,15-17H2,1-2H3,(H,29,32). The highest BCUT2D eigenvalue weighted by Gasteiger charge is 2.29. The molecule has 0 saturated heterocycles. The van der Waals surface area contributed by atoms with Crippen LogP contribution in [0.1, 0.15) is 32.3 Å². The van der Waals surface area contributed by atoms with Crippen LogP contribution < -0.4 is 10.1 Å². The molecule has 7 heteroatoms. The lowest BCUT2D eigenvalue weighted by Gasteiger charge is -2.30. The summed E-state index contributed by atoms with van der Waals surface area (Å²) in [6.45, 7) is 4.57. The molecule has 1 atom stereocenters. The quantitative estimate of drug-likeness (QED) is 0.351. The first-order valence-electron chi connectivity index (χ1n) is 11.1. The lowest BCUT2D eigenvalue weighted by Crippen LogP contribution is -2.50. The first kappa shape index (κ1) is 25.1. The highest BCUT2D eigenvalue weighted by molar-refractivity contribution is 9.10. The molecular formula is C26H28BrClN2O3. The fraction of sp³-hybridized carbons (Fsp3) is 0.308. The van der Waals surface area contributed by atoms with Gasteiger partial charge in [-0.1, -0.05) is 67.9 Å². The van der Waals surface area contributed by atoms with Gasteiger partial charge in [-0.2, -0.15) is 0 Å². The molecule has 0 aromatic heterocycles. The van der Waals surface area contributed by atoms with Crippen LogP contribution in [0.3, 0.4) is 0 Å². The third-order valence-corrected chi connectivity index (χ3v) is 6.45. The van der Waals surface area contributed by atoms with Gasteiger partial charge in [0.25, 0.3) is 5.91 Å². The maximum absolute atomic E-state index is 13.3. The van der Waals surface area contributed by atoms with E-state index in [2.05, 4.69) is 21.2 Å². The minimum absolute atomic E-state index is 0.159. The normalized spacial score (nSPS) is 11.8. The number of hydrogen-bond donors (Lipinski definition) is 1. The predicted molar refractivity (Wildman–Crippen MR) is 137 cm³/mol. The Kier molecular flexibility index (Phi) is 9.15. The number of amides is 2. The van der Waals surface area contributed by atoms with Crippen LogP contribution in [0.5, 0.6) is 5.75 Å². The average Bonchev–Trinajstić information content (AvgIpc) is 2.83. The Labute approximate surface area is 208 Å². The molecular weight excluding hydrogens is 504 g/mol. The van der Waals surface area contributed by atoms with Crippen molar-refractivity contribution in [2.45, 2.75) is 39.3 Å². The summed E-state index contributed by atoms with van der Waals surface area (Å²) in [5.41, 5.74) is 0.890. The average molecular weight is 532 g/mol. The van der Waals surface area contributed by atoms with Crippen LogP contribution in [0.2, 0.25) is 5.02 Å². The Balaban J connectivity index is 1.81. The highest BCUT2D eigenvalue weighted by Crippen LogP contribution is 2.33. The van der Waals surface area contributed by atoms with E-state index in [1.165, 1.54) is 0 Å². The van der Waals surface area contributed by atoms with Gasteiger partial charge in [-0.05, 0) is 63.3 Å². The smallest absolute Gasteiger partial charge is 0.261 e. The number of nitrogens with zero attached hydrogens (tertiary/aromatic N) is 1. The third kappa shape index (κ3) is 6.49. The Morgan fingerprint density at radius 1 is 1.06 bits per heavy atom. The fourth-order valence-corrected chi connectivity index (χ4v) is 4.35. The second kappa shape index (κ2) is 12.1. The summed E-state index contributed by atoms with van der Waals surface area (Å²) in [5, 5.41) is 5.61. The van der Waals surface area contributed by atoms with Crippen molar-refractivity contribution in [1.82, 2.24) is 10.2 Å². The lowest BCUT2D eigenvalue weighted by atomic mass is 10.1. The maximum atomic E-state index is 13.3. The Morgan fingerprint density at radius 2 is 1.79 bits per heavy atom. The van der Waals surface area contributed by atoms with Gasteiger partial charge in [-0.3, -0.25) is 9.59 Å². The van der Waals surface area contributed by atoms with Gasteiger partial charge in [0, 0.05) is 18.1 Å². The molecule has 0 radical (unpaired) electrons. The molecule has 0 heterocycles. The molecule has 1 unspecified atom stereocenters. The topological polar surface area (TPSA) is 58.6 Å². The summed E-state index contributed by atoms with van der Waals surface area (Å²) < 4.78 is 6.71. The van der Waals surface area contributed by atoms with Crippen molar-refractivity contribution < 1.29 is 14.3 Å². The molecule has 0 aliphatic rings. The first-order valence-corrected chi connectivity index (χ1v) is 12.2. The molecule has 33 heavy (non-hydrogen) atoms. The molecule has 3 rings (SSSR count). The summed E-state index contributed by atoms with van der Waals surface area (Å²) in [4.78, 5) is 27.7. The van der Waals surface area contributed by atoms with Gasteiger partial charge in [0.05, 0.1) is 4.47 Å². The third-order valence-electron chi connectivity index (χ3n) is 5.38. The molecule has 1 N–H and O–H groups in total. The number of nitrogens with one attached hydrogen (secondary N) is 1. The monoisotopic (exact) mass is 530 g/mol. The molecule has 3 aromatic carbocycles. The second-order valence-electron chi connectivity index (χ2n) is 7.75. The van der Waals surface area contributed by atoms with E-state index in [-0.39, 0.29) is 25.0 Å². The first-order chi connectivity index (χ1) is 15.9. The summed E-state index contributed by atoms with van der Waals surface area (Å²) in [5.74, 6) is 0.161. The van der Waals surface area contributed by atoms with Crippen LogP contribution in [0.15, 0.2) is 65.1 Å². The summed E-state index contributed by atoms with van der Waals surface area (Å²) in [6, 6.07) is 18.4. The zero-order chi connectivity index (χ0) is 23.8. The van der Waals surface area contributed by atoms with Crippen LogP contribution >= 0.6 is 27.5 Å². The van der Waals surface area contributed by atoms with Crippen molar-refractivity contribution in [1.29, 1.82) is 0 Å². The molecule has 0 spiro atoms. The zero-order valence-corrected chi connectivity index (χ0v) is 21.2. The number of carbonyl (C=O) groups excluding carboxylic acids is 2. The Bertz CT molecular complexity index is 1100. The number of rotatable bonds is 10. The van der Waals surface area contributed by atoms with Crippen LogP contribution in [-0.4, -0.2) is 35.9 Å². The van der Waals surface area contributed by atoms with Crippen molar-refractivity contribution in [3.63, 3.8) is 0 Å². The van der Waals surface area contributed by atoms with Gasteiger partial charge in [0.1, 0.15) is 11.8 Å². The summed E-state index contributed by atoms with van der Waals surface area (Å²) in [6.07, 6.45) is 1.32. The van der Waals surface area contributed by atoms with Crippen LogP contribution in [0, 0.1) is 0 Å². The highest BCUT2D eigenvalue weighted by atomic mass is 79.9. The Hall–Kier alpha value is -2.57. The summed E-state index contributed by atoms with van der Waals surface area (Å²) in [7, 11) is 0. The SMILES string of the molecule is CCCNC(=O)C(CC)N(Cc1ccc(Cl)cc1)C(=O)COc1ccc2ccccc2c1Br. The van der Waals surface area contributed by atoms with E-state index in [4.69, 9.17) is 16.3 Å². The molecule has 5 nitrogen and oxygen atoms in total. The van der Waals surface area contributed by atoms with Gasteiger partial charge < -0.3 is 15.0 Å². The molecule has 0 aliphatic carbocycles. The predicted octanol–water partition coefficient (Wildman–Crippen LogP) is 5.97. The van der Waals surface area contributed by atoms with Gasteiger partial charge in [-0.25, -0.2) is 0 Å². The van der Waals surface area contributed by atoms with E-state index in [0.29, 0.717) is 23.7 Å². The molecule has 0 bridgehead atoms. The summed E-state index contributed by atoms with van der Waals surface area (Å²) >= 11 is 9.61. The van der Waals surface area contributed by atoms with Crippen molar-refractivity contribution in [3.8, 4) is 5.75 Å². The largest absolute Gasteiger partial charge is 0.483 e. The van der Waals surface area contributed by atoms with Crippen LogP contribution in [0.4, 0.5) is 0 Å². The molecule has 0 aliphatic heterocycles. The Morgan fingerprint density at radius 3 is 2.48 bits per heavy atom. The van der Waals surface area contributed by atoms with E-state index >= 15 is 0 Å². The van der Waals surface area contributed by atoms with E-state index < -0.39 is 6.04 Å². The minimum atomic E-state index is -0.594. The van der Waals surface area contributed by atoms with Crippen LogP contribution in [0.25, 0.3) is 10.8 Å². The van der Waals surface area contributed by atoms with Crippen molar-refractivity contribution in [2.75, 3.05) is 13.2 Å². The molecule has 2 amide bonds. The molecule has 0 fully saturated rings. The maximum Gasteiger partial charge on any atom is 0.261 e. The second-order valence-corrected chi connectivity index (χ2v) is 8.98. The molecule has 3 aromatic rings. The van der Waals surface area contributed by atoms with Gasteiger partial charge in [0.2, 0.25) is 5.91 Å². The number of carbonyl (C=O) groups is 2. The molecule has 174 valence electrons. The fourth-order valence-electron chi connectivity index (χ4n) is 3.62. The van der Waals surface area contributed by atoms with Crippen molar-refractivity contribution >= 4 is 50.1 Å². The minimum Gasteiger partial charge on any atom is -0.483 e. The van der Waals surface area contributed by atoms with E-state index in [1.807, 2.05) is 62.4 Å². The van der Waals surface area contributed by atoms with Crippen molar-refractivity contribution in [2.24, 2.45) is 0 Å². The van der Waals surface area contributed by atoms with E-state index in [1.54, 1.807) is 17.0 Å². The number of benzene rings is 3. The number of ether oxygens (including phenoxy) is 1. The van der Waals surface area contributed by atoms with Crippen LogP contribution in [-0.2, 0) is 16.1 Å². The zero-order valence-electron chi connectivity index (χ0n) is 18.8. The van der Waals surface area contributed by atoms with Gasteiger partial charge in [-0.15, -0.1) is 0 Å². The lowest BCUT2D eigenvalue weighted by molar-refractivity contribution is -0.143.